The molecule has 0 aliphatic carbocycles. The van der Waals surface area contributed by atoms with E-state index in [1.54, 1.807) is 18.2 Å². The number of benzene rings is 1. The van der Waals surface area contributed by atoms with Crippen molar-refractivity contribution in [2.75, 3.05) is 18.1 Å². The monoisotopic (exact) mass is 298 g/mol. The second-order valence-corrected chi connectivity index (χ2v) is 7.15. The zero-order valence-corrected chi connectivity index (χ0v) is 11.8. The third-order valence-corrected chi connectivity index (χ3v) is 4.95. The van der Waals surface area contributed by atoms with Crippen LogP contribution in [0.15, 0.2) is 24.3 Å². The molecule has 2 amide bonds. The molecule has 2 rings (SSSR count). The molecular formula is C13H18N2O4S. The van der Waals surface area contributed by atoms with Crippen LogP contribution in [0.4, 0.5) is 4.79 Å². The van der Waals surface area contributed by atoms with E-state index in [1.807, 2.05) is 6.07 Å². The second-order valence-electron chi connectivity index (χ2n) is 4.92. The molecule has 1 aliphatic rings. The molecule has 1 saturated heterocycles. The minimum absolute atomic E-state index is 0.0208. The summed E-state index contributed by atoms with van der Waals surface area (Å²) in [5.74, 6) is 0.358. The van der Waals surface area contributed by atoms with Crippen molar-refractivity contribution in [1.82, 2.24) is 10.6 Å². The van der Waals surface area contributed by atoms with Crippen LogP contribution in [0, 0.1) is 0 Å². The maximum Gasteiger partial charge on any atom is 0.315 e. The number of nitrogens with one attached hydrogen (secondary N) is 2. The second kappa shape index (κ2) is 6.13. The van der Waals surface area contributed by atoms with Crippen LogP contribution in [0.2, 0.25) is 0 Å². The highest BCUT2D eigenvalue weighted by Crippen LogP contribution is 2.11. The Labute approximate surface area is 118 Å². The molecule has 7 heteroatoms. The van der Waals surface area contributed by atoms with Crippen LogP contribution in [0.5, 0.6) is 5.75 Å². The normalized spacial score (nSPS) is 20.5. The highest BCUT2D eigenvalue weighted by Gasteiger charge is 2.28. The number of phenolic OH excluding ortho intramolecular Hbond substituents is 1. The van der Waals surface area contributed by atoms with Gasteiger partial charge in [0.2, 0.25) is 0 Å². The highest BCUT2D eigenvalue weighted by molar-refractivity contribution is 7.91. The molecule has 1 atom stereocenters. The highest BCUT2D eigenvalue weighted by atomic mass is 32.2. The lowest BCUT2D eigenvalue weighted by Gasteiger charge is -2.12. The van der Waals surface area contributed by atoms with Crippen LogP contribution in [-0.4, -0.2) is 43.6 Å². The van der Waals surface area contributed by atoms with Crippen LogP contribution in [0.3, 0.4) is 0 Å². The molecule has 1 heterocycles. The standard InChI is InChI=1S/C13H18N2O4S/c16-12-3-1-2-10(8-12)4-6-14-13(17)15-11-5-7-20(18,19)9-11/h1-3,8,11,16H,4-7,9H2,(H2,14,15,17)/t11-/m0/s1. The maximum absolute atomic E-state index is 11.6. The van der Waals surface area contributed by atoms with Gasteiger partial charge in [-0.25, -0.2) is 13.2 Å². The van der Waals surface area contributed by atoms with Gasteiger partial charge in [0, 0.05) is 12.6 Å². The molecule has 1 fully saturated rings. The molecule has 0 aromatic heterocycles. The summed E-state index contributed by atoms with van der Waals surface area (Å²) in [7, 11) is -2.98. The number of aromatic hydroxyl groups is 1. The zero-order valence-electron chi connectivity index (χ0n) is 11.0. The number of urea groups is 1. The van der Waals surface area contributed by atoms with Crippen molar-refractivity contribution < 1.29 is 18.3 Å². The molecule has 0 unspecified atom stereocenters. The van der Waals surface area contributed by atoms with Gasteiger partial charge in [-0.2, -0.15) is 0 Å². The Kier molecular flexibility index (Phi) is 4.49. The molecule has 110 valence electrons. The zero-order chi connectivity index (χ0) is 14.6. The van der Waals surface area contributed by atoms with Crippen molar-refractivity contribution in [3.63, 3.8) is 0 Å². The van der Waals surface area contributed by atoms with Gasteiger partial charge in [-0.15, -0.1) is 0 Å². The molecule has 1 aromatic rings. The molecule has 6 nitrogen and oxygen atoms in total. The number of carbonyl (C=O) groups excluding carboxylic acids is 1. The van der Waals surface area contributed by atoms with E-state index < -0.39 is 9.84 Å². The smallest absolute Gasteiger partial charge is 0.315 e. The third kappa shape index (κ3) is 4.41. The first-order valence-electron chi connectivity index (χ1n) is 6.47. The Hall–Kier alpha value is -1.76. The minimum Gasteiger partial charge on any atom is -0.508 e. The van der Waals surface area contributed by atoms with Crippen LogP contribution >= 0.6 is 0 Å². The van der Waals surface area contributed by atoms with Gasteiger partial charge in [-0.05, 0) is 30.5 Å². The van der Waals surface area contributed by atoms with Gasteiger partial charge in [-0.1, -0.05) is 12.1 Å². The van der Waals surface area contributed by atoms with Gasteiger partial charge in [0.1, 0.15) is 5.75 Å². The average molecular weight is 298 g/mol. The lowest BCUT2D eigenvalue weighted by Crippen LogP contribution is -2.43. The van der Waals surface area contributed by atoms with Crippen LogP contribution in [0.1, 0.15) is 12.0 Å². The van der Waals surface area contributed by atoms with E-state index in [-0.39, 0.29) is 29.3 Å². The Morgan fingerprint density at radius 1 is 1.40 bits per heavy atom. The van der Waals surface area contributed by atoms with E-state index in [4.69, 9.17) is 0 Å². The number of hydrogen-bond donors (Lipinski definition) is 3. The Balaban J connectivity index is 1.71. The summed E-state index contributed by atoms with van der Waals surface area (Å²) in [5, 5.41) is 14.6. The largest absolute Gasteiger partial charge is 0.508 e. The number of amides is 2. The van der Waals surface area contributed by atoms with Crippen molar-refractivity contribution in [3.8, 4) is 5.75 Å². The third-order valence-electron chi connectivity index (χ3n) is 3.18. The lowest BCUT2D eigenvalue weighted by atomic mass is 10.1. The Morgan fingerprint density at radius 2 is 2.20 bits per heavy atom. The molecule has 1 aromatic carbocycles. The predicted molar refractivity (Wildman–Crippen MR) is 75.4 cm³/mol. The first-order valence-corrected chi connectivity index (χ1v) is 8.29. The van der Waals surface area contributed by atoms with Crippen molar-refractivity contribution in [1.29, 1.82) is 0 Å². The number of phenols is 1. The molecule has 0 bridgehead atoms. The van der Waals surface area contributed by atoms with Gasteiger partial charge in [0.15, 0.2) is 9.84 Å². The van der Waals surface area contributed by atoms with Gasteiger partial charge >= 0.3 is 6.03 Å². The summed E-state index contributed by atoms with van der Waals surface area (Å²) in [6, 6.07) is 6.19. The lowest BCUT2D eigenvalue weighted by molar-refractivity contribution is 0.238. The summed E-state index contributed by atoms with van der Waals surface area (Å²) in [6.07, 6.45) is 1.08. The predicted octanol–water partition coefficient (Wildman–Crippen LogP) is 0.421. The number of rotatable bonds is 4. The van der Waals surface area contributed by atoms with E-state index in [1.165, 1.54) is 0 Å². The fourth-order valence-electron chi connectivity index (χ4n) is 2.18. The van der Waals surface area contributed by atoms with Gasteiger partial charge in [0.05, 0.1) is 11.5 Å². The molecule has 0 saturated carbocycles. The van der Waals surface area contributed by atoms with Crippen LogP contribution in [0.25, 0.3) is 0 Å². The topological polar surface area (TPSA) is 95.5 Å². The Morgan fingerprint density at radius 3 is 2.85 bits per heavy atom. The SMILES string of the molecule is O=C(NCCc1cccc(O)c1)N[C@H]1CCS(=O)(=O)C1. The van der Waals surface area contributed by atoms with E-state index in [0.717, 1.165) is 5.56 Å². The molecule has 1 aliphatic heterocycles. The molecule has 0 radical (unpaired) electrons. The van der Waals surface area contributed by atoms with Crippen molar-refractivity contribution in [2.45, 2.75) is 18.9 Å². The molecule has 20 heavy (non-hydrogen) atoms. The fourth-order valence-corrected chi connectivity index (χ4v) is 3.85. The van der Waals surface area contributed by atoms with E-state index in [9.17, 15) is 18.3 Å². The quantitative estimate of drug-likeness (QED) is 0.751. The maximum atomic E-state index is 11.6. The first-order chi connectivity index (χ1) is 9.44. The summed E-state index contributed by atoms with van der Waals surface area (Å²) in [4.78, 5) is 11.6. The summed E-state index contributed by atoms with van der Waals surface area (Å²) < 4.78 is 22.5. The average Bonchev–Trinajstić information content (AvgIpc) is 2.68. The van der Waals surface area contributed by atoms with Gasteiger partial charge in [-0.3, -0.25) is 0 Å². The number of sulfone groups is 1. The van der Waals surface area contributed by atoms with E-state index in [0.29, 0.717) is 19.4 Å². The van der Waals surface area contributed by atoms with Crippen LogP contribution in [-0.2, 0) is 16.3 Å². The minimum atomic E-state index is -2.98. The van der Waals surface area contributed by atoms with Crippen LogP contribution < -0.4 is 10.6 Å². The summed E-state index contributed by atoms with van der Waals surface area (Å²) in [6.45, 7) is 0.425. The van der Waals surface area contributed by atoms with E-state index in [2.05, 4.69) is 10.6 Å². The van der Waals surface area contributed by atoms with E-state index >= 15 is 0 Å². The summed E-state index contributed by atoms with van der Waals surface area (Å²) in [5.41, 5.74) is 0.925. The van der Waals surface area contributed by atoms with Crippen molar-refractivity contribution in [2.24, 2.45) is 0 Å². The van der Waals surface area contributed by atoms with Crippen molar-refractivity contribution >= 4 is 15.9 Å². The fraction of sp³-hybridized carbons (Fsp3) is 0.462. The van der Waals surface area contributed by atoms with Gasteiger partial charge < -0.3 is 15.7 Å². The number of hydrogen-bond acceptors (Lipinski definition) is 4. The van der Waals surface area contributed by atoms with Gasteiger partial charge in [0.25, 0.3) is 0 Å². The first kappa shape index (κ1) is 14.6. The Bertz CT molecular complexity index is 586. The number of carbonyl (C=O) groups is 1. The van der Waals surface area contributed by atoms with Crippen molar-refractivity contribution in [3.05, 3.63) is 29.8 Å². The summed E-state index contributed by atoms with van der Waals surface area (Å²) >= 11 is 0. The molecule has 3 N–H and O–H groups in total. The molecule has 0 spiro atoms. The molecular weight excluding hydrogens is 280 g/mol.